The van der Waals surface area contributed by atoms with Gasteiger partial charge >= 0.3 is 5.97 Å². The second-order valence-corrected chi connectivity index (χ2v) is 5.42. The molecule has 5 heteroatoms. The Hall–Kier alpha value is -1.65. The van der Waals surface area contributed by atoms with Crippen LogP contribution in [-0.4, -0.2) is 11.1 Å². The maximum absolute atomic E-state index is 11.2. The van der Waals surface area contributed by atoms with E-state index in [2.05, 4.69) is 0 Å². The molecule has 0 amide bonds. The number of nitrogen functional groups attached to an aromatic ring is 1. The van der Waals surface area contributed by atoms with E-state index in [9.17, 15) is 9.90 Å². The van der Waals surface area contributed by atoms with Gasteiger partial charge < -0.3 is 10.8 Å². The molecule has 0 atom stereocenters. The summed E-state index contributed by atoms with van der Waals surface area (Å²) in [6.45, 7) is 0. The Balaban J connectivity index is 2.20. The number of carboxylic acid groups (broad SMARTS) is 1. The van der Waals surface area contributed by atoms with E-state index in [1.807, 2.05) is 18.2 Å². The number of hydrogen-bond donors (Lipinski definition) is 2. The molecule has 3 nitrogen and oxygen atoms in total. The molecule has 0 saturated heterocycles. The number of aromatic carboxylic acids is 1. The molecule has 0 aromatic heterocycles. The lowest BCUT2D eigenvalue weighted by Crippen LogP contribution is -2.06. The van der Waals surface area contributed by atoms with Crippen LogP contribution in [0.25, 0.3) is 0 Å². The molecule has 0 aliphatic carbocycles. The fraction of sp³-hybridized carbons (Fsp3) is 0.0714. The van der Waals surface area contributed by atoms with Crippen molar-refractivity contribution in [2.75, 3.05) is 5.73 Å². The lowest BCUT2D eigenvalue weighted by atomic mass is 10.1. The van der Waals surface area contributed by atoms with E-state index in [-0.39, 0.29) is 11.3 Å². The van der Waals surface area contributed by atoms with Gasteiger partial charge in [0.25, 0.3) is 0 Å². The van der Waals surface area contributed by atoms with Gasteiger partial charge in [-0.05, 0) is 29.8 Å². The van der Waals surface area contributed by atoms with Gasteiger partial charge in [-0.2, -0.15) is 0 Å². The standard InChI is InChI=1S/C14H12ClNO2S/c15-10-4-2-5-11(7-10)19-8-9-3-1-6-12(16)13(9)14(17)18/h1-7H,8,16H2,(H,17,18). The summed E-state index contributed by atoms with van der Waals surface area (Å²) in [6, 6.07) is 12.6. The molecule has 2 aromatic carbocycles. The molecule has 0 saturated carbocycles. The molecule has 19 heavy (non-hydrogen) atoms. The van der Waals surface area contributed by atoms with E-state index in [4.69, 9.17) is 17.3 Å². The molecule has 0 spiro atoms. The molecular formula is C14H12ClNO2S. The van der Waals surface area contributed by atoms with Crippen LogP contribution in [0.1, 0.15) is 15.9 Å². The number of carbonyl (C=O) groups is 1. The van der Waals surface area contributed by atoms with Crippen LogP contribution in [0.2, 0.25) is 5.02 Å². The van der Waals surface area contributed by atoms with Gasteiger partial charge in [-0.1, -0.05) is 29.8 Å². The first-order valence-corrected chi connectivity index (χ1v) is 6.93. The van der Waals surface area contributed by atoms with Crippen LogP contribution in [0.15, 0.2) is 47.4 Å². The maximum Gasteiger partial charge on any atom is 0.338 e. The van der Waals surface area contributed by atoms with Crippen molar-refractivity contribution < 1.29 is 9.90 Å². The van der Waals surface area contributed by atoms with E-state index < -0.39 is 5.97 Å². The number of halogens is 1. The minimum atomic E-state index is -1.00. The van der Waals surface area contributed by atoms with Gasteiger partial charge in [-0.25, -0.2) is 4.79 Å². The smallest absolute Gasteiger partial charge is 0.338 e. The second kappa shape index (κ2) is 5.99. The summed E-state index contributed by atoms with van der Waals surface area (Å²) in [5.41, 5.74) is 6.88. The Kier molecular flexibility index (Phi) is 4.35. The van der Waals surface area contributed by atoms with Crippen LogP contribution in [0.3, 0.4) is 0 Å². The molecule has 98 valence electrons. The molecule has 2 rings (SSSR count). The van der Waals surface area contributed by atoms with Gasteiger partial charge in [0.15, 0.2) is 0 Å². The van der Waals surface area contributed by atoms with Crippen LogP contribution >= 0.6 is 23.4 Å². The molecule has 0 aliphatic rings. The third kappa shape index (κ3) is 3.43. The summed E-state index contributed by atoms with van der Waals surface area (Å²) < 4.78 is 0. The molecule has 3 N–H and O–H groups in total. The van der Waals surface area contributed by atoms with Crippen molar-refractivity contribution in [2.24, 2.45) is 0 Å². The Morgan fingerprint density at radius 2 is 2.00 bits per heavy atom. The van der Waals surface area contributed by atoms with Gasteiger partial charge in [-0.15, -0.1) is 11.8 Å². The first-order chi connectivity index (χ1) is 9.08. The molecule has 0 aliphatic heterocycles. The average Bonchev–Trinajstić information content (AvgIpc) is 2.36. The molecule has 2 aromatic rings. The fourth-order valence-electron chi connectivity index (χ4n) is 1.72. The van der Waals surface area contributed by atoms with Crippen LogP contribution in [0.4, 0.5) is 5.69 Å². The van der Waals surface area contributed by atoms with Crippen molar-refractivity contribution in [3.8, 4) is 0 Å². The Morgan fingerprint density at radius 1 is 1.26 bits per heavy atom. The van der Waals surface area contributed by atoms with Crippen molar-refractivity contribution in [3.63, 3.8) is 0 Å². The third-order valence-corrected chi connectivity index (χ3v) is 3.86. The van der Waals surface area contributed by atoms with Crippen LogP contribution in [-0.2, 0) is 5.75 Å². The number of nitrogens with two attached hydrogens (primary N) is 1. The highest BCUT2D eigenvalue weighted by Crippen LogP contribution is 2.28. The summed E-state index contributed by atoms with van der Waals surface area (Å²) in [5.74, 6) is -0.465. The highest BCUT2D eigenvalue weighted by molar-refractivity contribution is 7.98. The van der Waals surface area contributed by atoms with Crippen molar-refractivity contribution in [3.05, 3.63) is 58.6 Å². The summed E-state index contributed by atoms with van der Waals surface area (Å²) in [6.07, 6.45) is 0. The Morgan fingerprint density at radius 3 is 2.68 bits per heavy atom. The van der Waals surface area contributed by atoms with E-state index in [1.165, 1.54) is 11.8 Å². The zero-order valence-corrected chi connectivity index (χ0v) is 11.5. The molecule has 0 bridgehead atoms. The second-order valence-electron chi connectivity index (χ2n) is 3.93. The van der Waals surface area contributed by atoms with E-state index in [0.29, 0.717) is 16.3 Å². The number of carboxylic acids is 1. The van der Waals surface area contributed by atoms with Crippen molar-refractivity contribution in [1.82, 2.24) is 0 Å². The maximum atomic E-state index is 11.2. The van der Waals surface area contributed by atoms with Gasteiger partial charge in [-0.3, -0.25) is 0 Å². The zero-order chi connectivity index (χ0) is 13.8. The normalized spacial score (nSPS) is 10.4. The van der Waals surface area contributed by atoms with E-state index >= 15 is 0 Å². The zero-order valence-electron chi connectivity index (χ0n) is 9.97. The quantitative estimate of drug-likeness (QED) is 0.662. The molecule has 0 fully saturated rings. The highest BCUT2D eigenvalue weighted by Gasteiger charge is 2.13. The number of anilines is 1. The minimum absolute atomic E-state index is 0.178. The minimum Gasteiger partial charge on any atom is -0.478 e. The predicted molar refractivity (Wildman–Crippen MR) is 78.8 cm³/mol. The molecule has 0 heterocycles. The van der Waals surface area contributed by atoms with Gasteiger partial charge in [0.1, 0.15) is 0 Å². The van der Waals surface area contributed by atoms with Crippen molar-refractivity contribution >= 4 is 35.0 Å². The van der Waals surface area contributed by atoms with Crippen molar-refractivity contribution in [2.45, 2.75) is 10.6 Å². The number of rotatable bonds is 4. The summed E-state index contributed by atoms with van der Waals surface area (Å²) in [4.78, 5) is 12.2. The first kappa shape index (κ1) is 13.8. The Bertz CT molecular complexity index is 616. The lowest BCUT2D eigenvalue weighted by Gasteiger charge is -2.08. The SMILES string of the molecule is Nc1cccc(CSc2cccc(Cl)c2)c1C(=O)O. The van der Waals surface area contributed by atoms with Crippen LogP contribution in [0, 0.1) is 0 Å². The van der Waals surface area contributed by atoms with E-state index in [1.54, 1.807) is 24.3 Å². The highest BCUT2D eigenvalue weighted by atomic mass is 35.5. The monoisotopic (exact) mass is 293 g/mol. The fourth-order valence-corrected chi connectivity index (χ4v) is 2.92. The van der Waals surface area contributed by atoms with Crippen molar-refractivity contribution in [1.29, 1.82) is 0 Å². The number of benzene rings is 2. The van der Waals surface area contributed by atoms with Gasteiger partial charge in [0.2, 0.25) is 0 Å². The topological polar surface area (TPSA) is 63.3 Å². The van der Waals surface area contributed by atoms with Gasteiger partial charge in [0, 0.05) is 21.4 Å². The van der Waals surface area contributed by atoms with Crippen LogP contribution < -0.4 is 5.73 Å². The number of hydrogen-bond acceptors (Lipinski definition) is 3. The summed E-state index contributed by atoms with van der Waals surface area (Å²) in [7, 11) is 0. The van der Waals surface area contributed by atoms with Gasteiger partial charge in [0.05, 0.1) is 5.56 Å². The van der Waals surface area contributed by atoms with E-state index in [0.717, 1.165) is 4.90 Å². The largest absolute Gasteiger partial charge is 0.478 e. The number of thioether (sulfide) groups is 1. The van der Waals surface area contributed by atoms with Crippen LogP contribution in [0.5, 0.6) is 0 Å². The Labute approximate surface area is 120 Å². The summed E-state index contributed by atoms with van der Waals surface area (Å²) in [5, 5.41) is 9.84. The molecular weight excluding hydrogens is 282 g/mol. The first-order valence-electron chi connectivity index (χ1n) is 5.57. The molecule has 0 radical (unpaired) electrons. The summed E-state index contributed by atoms with van der Waals surface area (Å²) >= 11 is 7.43. The third-order valence-electron chi connectivity index (χ3n) is 2.59. The average molecular weight is 294 g/mol. The predicted octanol–water partition coefficient (Wildman–Crippen LogP) is 3.91. The molecule has 0 unspecified atom stereocenters. The lowest BCUT2D eigenvalue weighted by molar-refractivity contribution is 0.0697.